The van der Waals surface area contributed by atoms with Gasteiger partial charge in [-0.15, -0.1) is 0 Å². The summed E-state index contributed by atoms with van der Waals surface area (Å²) < 4.78 is 74.5. The van der Waals surface area contributed by atoms with E-state index < -0.39 is 11.6 Å². The Bertz CT molecular complexity index is 3770. The van der Waals surface area contributed by atoms with E-state index in [1.165, 1.54) is 104 Å². The number of benzene rings is 8. The number of ether oxygens (including phenoxy) is 3. The second-order valence-electron chi connectivity index (χ2n) is 30.0. The van der Waals surface area contributed by atoms with Crippen molar-refractivity contribution >= 4 is 139 Å². The number of rotatable bonds is 30. The lowest BCUT2D eigenvalue weighted by Crippen LogP contribution is -2.45. The van der Waals surface area contributed by atoms with Crippen molar-refractivity contribution in [1.29, 1.82) is 0 Å². The van der Waals surface area contributed by atoms with Crippen LogP contribution in [0.15, 0.2) is 192 Å². The fourth-order valence-corrected chi connectivity index (χ4v) is 13.4. The minimum atomic E-state index is -0.646. The number of nitrogens with zero attached hydrogens (tertiary/aromatic N) is 2. The molecule has 3 aliphatic rings. The molecule has 0 amide bonds. The first-order chi connectivity index (χ1) is 50.1. The van der Waals surface area contributed by atoms with Crippen LogP contribution in [0, 0.1) is 30.9 Å². The number of hydrogen-bond acceptors (Lipinski definition) is 9. The van der Waals surface area contributed by atoms with Crippen molar-refractivity contribution in [1.82, 2.24) is 0 Å². The van der Waals surface area contributed by atoms with Crippen LogP contribution in [0.3, 0.4) is 0 Å². The molecule has 3 fully saturated rings. The van der Waals surface area contributed by atoms with E-state index in [1.54, 1.807) is 0 Å². The van der Waals surface area contributed by atoms with Crippen molar-refractivity contribution in [3.05, 3.63) is 232 Å². The van der Waals surface area contributed by atoms with Crippen LogP contribution in [0.25, 0.3) is 0 Å². The summed E-state index contributed by atoms with van der Waals surface area (Å²) in [5.74, 6) is -1.29. The second-order valence-corrected chi connectivity index (χ2v) is 34.4. The van der Waals surface area contributed by atoms with Gasteiger partial charge in [-0.3, -0.25) is 0 Å². The van der Waals surface area contributed by atoms with E-state index in [9.17, 15) is 8.78 Å². The standard InChI is InChI=1S/C34H45B2NO4.C20H14Br3F2N.C19H29BrO3.C14H21Br/c1-10-11-12-25-13-19-28(20-14-25)37(29-21-15-26(16-22-29)35-38-31(2,3)32(4,5)39-35)30-23-17-27(18-24-30)36-40-33(6,7)34(8,9)41-36;1-11-7-13(3-5-16(11)21)26(14-4-6-17(22)12(2)8-14)15-9-18(24)20(23)19(25)10-15;1-2-19(15-23-16-19)14-22-12-6-4-3-5-11-21-13-17-7-9-18(20)10-8-17;1-2-3-4-5-6-7-8-13-9-11-14(15)12-10-13/h13-24H,10-12H2,1-9H3;3-10H,1-2H3;7-10H,2-6,11-16H2,1H3;9-12H,2-8H2,1H3. The van der Waals surface area contributed by atoms with E-state index >= 15 is 0 Å². The predicted molar refractivity (Wildman–Crippen MR) is 453 cm³/mol. The molecule has 0 N–H and O–H groups in total. The highest BCUT2D eigenvalue weighted by Gasteiger charge is 2.53. The first kappa shape index (κ1) is 86.1. The number of hydrogen-bond donors (Lipinski definition) is 0. The van der Waals surface area contributed by atoms with Gasteiger partial charge in [-0.05, 0) is 278 Å². The number of anilines is 6. The third-order valence-electron chi connectivity index (χ3n) is 20.6. The smallest absolute Gasteiger partial charge is 0.399 e. The van der Waals surface area contributed by atoms with Crippen LogP contribution >= 0.6 is 79.6 Å². The Morgan fingerprint density at radius 2 is 0.762 bits per heavy atom. The summed E-state index contributed by atoms with van der Waals surface area (Å²) in [7, 11) is -0.779. The Kier molecular flexibility index (Phi) is 33.6. The molecule has 0 atom stereocenters. The lowest BCUT2D eigenvalue weighted by Gasteiger charge is -2.40. The van der Waals surface area contributed by atoms with Crippen LogP contribution < -0.4 is 20.7 Å². The van der Waals surface area contributed by atoms with Crippen molar-refractivity contribution in [3.63, 3.8) is 0 Å². The Morgan fingerprint density at radius 3 is 1.17 bits per heavy atom. The van der Waals surface area contributed by atoms with Crippen LogP contribution in [0.1, 0.15) is 187 Å². The van der Waals surface area contributed by atoms with E-state index in [4.69, 9.17) is 32.8 Å². The lowest BCUT2D eigenvalue weighted by molar-refractivity contribution is -0.150. The summed E-state index contributed by atoms with van der Waals surface area (Å²) in [6, 6.07) is 57.2. The van der Waals surface area contributed by atoms with E-state index in [0.29, 0.717) is 17.7 Å². The highest BCUT2D eigenvalue weighted by Crippen LogP contribution is 2.42. The lowest BCUT2D eigenvalue weighted by atomic mass is 9.79. The monoisotopic (exact) mass is 1750 g/mol. The molecule has 0 aliphatic carbocycles. The van der Waals surface area contributed by atoms with Gasteiger partial charge in [0, 0.05) is 65.0 Å². The average molecular weight is 1750 g/mol. The Labute approximate surface area is 670 Å². The van der Waals surface area contributed by atoms with Gasteiger partial charge in [0.05, 0.1) is 59.0 Å². The fraction of sp³-hybridized carbons (Fsp3) is 0.448. The number of halogens is 7. The Hall–Kier alpha value is -4.53. The number of aryl methyl sites for hydroxylation is 4. The minimum Gasteiger partial charge on any atom is -0.399 e. The maximum atomic E-state index is 14.2. The zero-order valence-corrected chi connectivity index (χ0v) is 72.0. The predicted octanol–water partition coefficient (Wildman–Crippen LogP) is 25.8. The molecule has 8 aromatic carbocycles. The van der Waals surface area contributed by atoms with Crippen molar-refractivity contribution in [2.45, 2.75) is 215 Å². The molecular formula is C87H109B2Br5F2N2O7. The highest BCUT2D eigenvalue weighted by molar-refractivity contribution is 9.11. The first-order valence-corrected chi connectivity index (χ1v) is 41.5. The number of unbranched alkanes of at least 4 members (excludes halogenated alkanes) is 9. The largest absolute Gasteiger partial charge is 0.494 e. The van der Waals surface area contributed by atoms with E-state index in [2.05, 4.69) is 282 Å². The van der Waals surface area contributed by atoms with E-state index in [0.717, 1.165) is 123 Å². The van der Waals surface area contributed by atoms with E-state index in [-0.39, 0.29) is 41.1 Å². The van der Waals surface area contributed by atoms with Gasteiger partial charge in [-0.25, -0.2) is 8.78 Å². The van der Waals surface area contributed by atoms with Crippen molar-refractivity contribution < 1.29 is 41.6 Å². The van der Waals surface area contributed by atoms with Gasteiger partial charge in [0.15, 0.2) is 0 Å². The van der Waals surface area contributed by atoms with Crippen molar-refractivity contribution in [3.8, 4) is 0 Å². The molecule has 0 saturated carbocycles. The minimum absolute atomic E-state index is 0.167. The van der Waals surface area contributed by atoms with Crippen molar-refractivity contribution in [2.24, 2.45) is 5.41 Å². The van der Waals surface area contributed by atoms with Crippen LogP contribution in [-0.2, 0) is 52.3 Å². The van der Waals surface area contributed by atoms with Crippen LogP contribution in [0.5, 0.6) is 0 Å². The molecular weight excluding hydrogens is 1640 g/mol. The van der Waals surface area contributed by atoms with Gasteiger partial charge in [0.1, 0.15) is 11.6 Å². The molecule has 3 aliphatic heterocycles. The molecule has 9 nitrogen and oxygen atoms in total. The summed E-state index contributed by atoms with van der Waals surface area (Å²) in [6.07, 6.45) is 18.9. The SMILES string of the molecule is CCC1(COCCCCCCOCc2ccc(Br)cc2)COC1.CCCCCCCCc1ccc(Br)cc1.CCCCc1ccc(N(c2ccc(B3OC(C)(C)C(C)(C)O3)cc2)c2ccc(B3OC(C)(C)C(C)(C)O3)cc2)cc1.Cc1cc(N(c2ccc(Br)c(C)c2)c2cc(F)c(Br)c(F)c2)ccc1Br. The topological polar surface area (TPSA) is 71.1 Å². The second kappa shape index (κ2) is 40.9. The van der Waals surface area contributed by atoms with Gasteiger partial charge in [-0.2, -0.15) is 0 Å². The normalized spacial score (nSPS) is 15.7. The summed E-state index contributed by atoms with van der Waals surface area (Å²) in [5, 5.41) is 0. The molecule has 0 bridgehead atoms. The van der Waals surface area contributed by atoms with Gasteiger partial charge in [0.2, 0.25) is 0 Å². The molecule has 564 valence electrons. The quantitative estimate of drug-likeness (QED) is 0.0249. The average Bonchev–Trinajstić information content (AvgIpc) is 1.66. The molecule has 3 heterocycles. The molecule has 18 heteroatoms. The molecule has 0 spiro atoms. The summed E-state index contributed by atoms with van der Waals surface area (Å²) >= 11 is 16.8. The van der Waals surface area contributed by atoms with Gasteiger partial charge in [0.25, 0.3) is 0 Å². The van der Waals surface area contributed by atoms with Gasteiger partial charge >= 0.3 is 14.2 Å². The van der Waals surface area contributed by atoms with Crippen LogP contribution in [0.2, 0.25) is 0 Å². The Morgan fingerprint density at radius 1 is 0.400 bits per heavy atom. The molecule has 0 radical (unpaired) electrons. The van der Waals surface area contributed by atoms with Crippen molar-refractivity contribution in [2.75, 3.05) is 42.8 Å². The highest BCUT2D eigenvalue weighted by atomic mass is 79.9. The Balaban J connectivity index is 0.000000189. The summed E-state index contributed by atoms with van der Waals surface area (Å²) in [4.78, 5) is 4.11. The molecule has 3 saturated heterocycles. The molecule has 8 aromatic rings. The third-order valence-corrected chi connectivity index (χ3v) is 24.2. The van der Waals surface area contributed by atoms with Gasteiger partial charge < -0.3 is 42.6 Å². The van der Waals surface area contributed by atoms with Gasteiger partial charge in [-0.1, -0.05) is 197 Å². The maximum Gasteiger partial charge on any atom is 0.494 e. The zero-order chi connectivity index (χ0) is 76.0. The molecule has 0 unspecified atom stereocenters. The summed E-state index contributed by atoms with van der Waals surface area (Å²) in [5.41, 5.74) is 12.2. The zero-order valence-electron chi connectivity index (χ0n) is 64.1. The maximum absolute atomic E-state index is 14.2. The fourth-order valence-electron chi connectivity index (χ4n) is 12.2. The molecule has 105 heavy (non-hydrogen) atoms. The first-order valence-electron chi connectivity index (χ1n) is 37.6. The van der Waals surface area contributed by atoms with Crippen LogP contribution in [0.4, 0.5) is 42.9 Å². The summed E-state index contributed by atoms with van der Waals surface area (Å²) in [6.45, 7) is 32.4. The molecule has 11 rings (SSSR count). The van der Waals surface area contributed by atoms with E-state index in [1.807, 2.05) is 55.1 Å². The van der Waals surface area contributed by atoms with Crippen LogP contribution in [-0.4, -0.2) is 69.7 Å². The molecule has 0 aromatic heterocycles. The third kappa shape index (κ3) is 25.0.